The fourth-order valence-corrected chi connectivity index (χ4v) is 3.03. The second-order valence-electron chi connectivity index (χ2n) is 4.63. The maximum Gasteiger partial charge on any atom is 0.143 e. The number of fused-ring (bicyclic) bond motifs is 1. The molecule has 0 fully saturated rings. The summed E-state index contributed by atoms with van der Waals surface area (Å²) in [4.78, 5) is 0. The Morgan fingerprint density at radius 1 is 1.30 bits per heavy atom. The summed E-state index contributed by atoms with van der Waals surface area (Å²) in [5, 5.41) is 11.0. The second-order valence-corrected chi connectivity index (χ2v) is 5.92. The predicted octanol–water partition coefficient (Wildman–Crippen LogP) is 4.26. The van der Waals surface area contributed by atoms with Crippen LogP contribution in [0.2, 0.25) is 5.02 Å². The first kappa shape index (κ1) is 13.9. The summed E-state index contributed by atoms with van der Waals surface area (Å²) in [6.07, 6.45) is -0.366. The highest BCUT2D eigenvalue weighted by atomic mass is 79.9. The fraction of sp³-hybridized carbons (Fsp3) is 0.200. The fourth-order valence-electron chi connectivity index (χ4n) is 2.40. The number of ether oxygens (including phenoxy) is 1. The van der Waals surface area contributed by atoms with E-state index in [0.29, 0.717) is 27.4 Å². The highest BCUT2D eigenvalue weighted by Gasteiger charge is 2.25. The monoisotopic (exact) mass is 356 g/mol. The lowest BCUT2D eigenvalue weighted by Gasteiger charge is -2.16. The van der Waals surface area contributed by atoms with Crippen molar-refractivity contribution in [2.45, 2.75) is 12.5 Å². The van der Waals surface area contributed by atoms with E-state index in [4.69, 9.17) is 16.3 Å². The maximum absolute atomic E-state index is 14.1. The molecule has 1 heterocycles. The van der Waals surface area contributed by atoms with Gasteiger partial charge in [0.05, 0.1) is 11.1 Å². The van der Waals surface area contributed by atoms with Gasteiger partial charge in [0.25, 0.3) is 0 Å². The number of hydrogen-bond donors (Lipinski definition) is 1. The number of benzene rings is 2. The molecule has 2 nitrogen and oxygen atoms in total. The minimum absolute atomic E-state index is 0.194. The molecule has 1 aliphatic rings. The van der Waals surface area contributed by atoms with Gasteiger partial charge < -0.3 is 9.84 Å². The normalized spacial score (nSPS) is 14.8. The van der Waals surface area contributed by atoms with Crippen molar-refractivity contribution in [1.29, 1.82) is 0 Å². The van der Waals surface area contributed by atoms with E-state index in [1.54, 1.807) is 24.3 Å². The molecule has 5 heteroatoms. The molecule has 1 atom stereocenters. The van der Waals surface area contributed by atoms with Crippen LogP contribution in [0.15, 0.2) is 34.8 Å². The van der Waals surface area contributed by atoms with E-state index in [1.807, 2.05) is 6.07 Å². The van der Waals surface area contributed by atoms with Crippen LogP contribution in [0.4, 0.5) is 4.39 Å². The summed E-state index contributed by atoms with van der Waals surface area (Å²) in [7, 11) is 0. The standard InChI is InChI=1S/C15H11BrClFO2/c16-12-3-1-2-10(13(12)18)14(19)11-7-9(17)6-8-4-5-20-15(8)11/h1-3,6-7,14,19H,4-5H2. The third-order valence-corrected chi connectivity index (χ3v) is 4.18. The van der Waals surface area contributed by atoms with E-state index in [9.17, 15) is 9.50 Å². The molecule has 0 spiro atoms. The summed E-state index contributed by atoms with van der Waals surface area (Å²) in [5.41, 5.74) is 1.64. The molecule has 0 saturated heterocycles. The average molecular weight is 358 g/mol. The largest absolute Gasteiger partial charge is 0.493 e. The van der Waals surface area contributed by atoms with E-state index in [-0.39, 0.29) is 5.56 Å². The van der Waals surface area contributed by atoms with Gasteiger partial charge in [0, 0.05) is 22.6 Å². The number of halogens is 3. The van der Waals surface area contributed by atoms with Gasteiger partial charge in [-0.3, -0.25) is 0 Å². The molecule has 0 aliphatic carbocycles. The molecule has 3 rings (SSSR count). The SMILES string of the molecule is OC(c1cccc(Br)c1F)c1cc(Cl)cc2c1OCC2. The van der Waals surface area contributed by atoms with Crippen LogP contribution in [-0.4, -0.2) is 11.7 Å². The van der Waals surface area contributed by atoms with E-state index in [1.165, 1.54) is 0 Å². The summed E-state index contributed by atoms with van der Waals surface area (Å²) in [6.45, 7) is 0.552. The van der Waals surface area contributed by atoms with Crippen molar-refractivity contribution in [2.24, 2.45) is 0 Å². The quantitative estimate of drug-likeness (QED) is 0.870. The molecule has 0 saturated carbocycles. The van der Waals surface area contributed by atoms with Crippen LogP contribution in [0.25, 0.3) is 0 Å². The summed E-state index contributed by atoms with van der Waals surface area (Å²) in [5.74, 6) is 0.132. The van der Waals surface area contributed by atoms with Crippen LogP contribution < -0.4 is 4.74 Å². The molecule has 0 amide bonds. The zero-order valence-electron chi connectivity index (χ0n) is 10.4. The number of rotatable bonds is 2. The van der Waals surface area contributed by atoms with Gasteiger partial charge in [-0.25, -0.2) is 4.39 Å². The van der Waals surface area contributed by atoms with Gasteiger partial charge >= 0.3 is 0 Å². The van der Waals surface area contributed by atoms with Crippen molar-refractivity contribution >= 4 is 27.5 Å². The molecule has 20 heavy (non-hydrogen) atoms. The lowest BCUT2D eigenvalue weighted by molar-refractivity contribution is 0.208. The highest BCUT2D eigenvalue weighted by Crippen LogP contribution is 2.39. The van der Waals surface area contributed by atoms with Gasteiger partial charge in [0.1, 0.15) is 17.7 Å². The first-order valence-corrected chi connectivity index (χ1v) is 7.32. The minimum atomic E-state index is -1.11. The zero-order valence-corrected chi connectivity index (χ0v) is 12.7. The second kappa shape index (κ2) is 5.35. The van der Waals surface area contributed by atoms with Gasteiger partial charge in [0.2, 0.25) is 0 Å². The number of aliphatic hydroxyl groups excluding tert-OH is 1. The van der Waals surface area contributed by atoms with Crippen molar-refractivity contribution in [2.75, 3.05) is 6.61 Å². The van der Waals surface area contributed by atoms with Gasteiger partial charge in [-0.05, 0) is 39.7 Å². The van der Waals surface area contributed by atoms with E-state index < -0.39 is 11.9 Å². The number of aliphatic hydroxyl groups is 1. The highest BCUT2D eigenvalue weighted by molar-refractivity contribution is 9.10. The topological polar surface area (TPSA) is 29.5 Å². The summed E-state index contributed by atoms with van der Waals surface area (Å²) < 4.78 is 20.0. The van der Waals surface area contributed by atoms with Gasteiger partial charge in [-0.15, -0.1) is 0 Å². The van der Waals surface area contributed by atoms with Crippen molar-refractivity contribution in [1.82, 2.24) is 0 Å². The Kier molecular flexibility index (Phi) is 3.71. The van der Waals surface area contributed by atoms with Crippen molar-refractivity contribution in [3.8, 4) is 5.75 Å². The first-order valence-electron chi connectivity index (χ1n) is 6.15. The van der Waals surface area contributed by atoms with Gasteiger partial charge in [0.15, 0.2) is 0 Å². The Balaban J connectivity index is 2.11. The smallest absolute Gasteiger partial charge is 0.143 e. The molecular formula is C15H11BrClFO2. The molecule has 0 bridgehead atoms. The molecule has 0 aromatic heterocycles. The van der Waals surface area contributed by atoms with Gasteiger partial charge in [-0.1, -0.05) is 23.7 Å². The van der Waals surface area contributed by atoms with Crippen molar-refractivity contribution in [3.63, 3.8) is 0 Å². The molecule has 2 aromatic rings. The van der Waals surface area contributed by atoms with Crippen LogP contribution in [0.5, 0.6) is 5.75 Å². The Bertz CT molecular complexity index is 675. The third kappa shape index (κ3) is 2.32. The lowest BCUT2D eigenvalue weighted by atomic mass is 9.98. The molecule has 1 aliphatic heterocycles. The van der Waals surface area contributed by atoms with Crippen LogP contribution in [0.3, 0.4) is 0 Å². The van der Waals surface area contributed by atoms with Crippen molar-refractivity contribution < 1.29 is 14.2 Å². The van der Waals surface area contributed by atoms with Gasteiger partial charge in [-0.2, -0.15) is 0 Å². The van der Waals surface area contributed by atoms with E-state index in [2.05, 4.69) is 15.9 Å². The predicted molar refractivity (Wildman–Crippen MR) is 78.8 cm³/mol. The Morgan fingerprint density at radius 3 is 2.90 bits per heavy atom. The Hall–Kier alpha value is -1.10. The molecule has 0 radical (unpaired) electrons. The van der Waals surface area contributed by atoms with Crippen LogP contribution >= 0.6 is 27.5 Å². The van der Waals surface area contributed by atoms with E-state index >= 15 is 0 Å². The van der Waals surface area contributed by atoms with Crippen LogP contribution in [0, 0.1) is 5.82 Å². The van der Waals surface area contributed by atoms with E-state index in [0.717, 1.165) is 12.0 Å². The lowest BCUT2D eigenvalue weighted by Crippen LogP contribution is -2.05. The maximum atomic E-state index is 14.1. The summed E-state index contributed by atoms with van der Waals surface area (Å²) >= 11 is 9.18. The molecule has 1 unspecified atom stereocenters. The van der Waals surface area contributed by atoms with Crippen LogP contribution in [-0.2, 0) is 6.42 Å². The number of hydrogen-bond acceptors (Lipinski definition) is 2. The molecular weight excluding hydrogens is 347 g/mol. The minimum Gasteiger partial charge on any atom is -0.493 e. The first-order chi connectivity index (χ1) is 9.58. The van der Waals surface area contributed by atoms with Crippen molar-refractivity contribution in [3.05, 3.63) is 62.3 Å². The zero-order chi connectivity index (χ0) is 14.3. The molecule has 104 valence electrons. The molecule has 1 N–H and O–H groups in total. The Labute approximate surface area is 129 Å². The average Bonchev–Trinajstić information content (AvgIpc) is 2.88. The third-order valence-electron chi connectivity index (χ3n) is 3.35. The molecule has 2 aromatic carbocycles. The summed E-state index contributed by atoms with van der Waals surface area (Å²) in [6, 6.07) is 8.25. The Morgan fingerprint density at radius 2 is 2.10 bits per heavy atom. The van der Waals surface area contributed by atoms with Crippen LogP contribution in [0.1, 0.15) is 22.8 Å².